The summed E-state index contributed by atoms with van der Waals surface area (Å²) in [5.41, 5.74) is 1.82. The smallest absolute Gasteiger partial charge is 0.324 e. The van der Waals surface area contributed by atoms with E-state index in [9.17, 15) is 9.59 Å². The molecule has 0 spiro atoms. The SMILES string of the molecule is O=C1CNC(=O)N1CCSc1nnc(-c2ccc(Cl)cc2)n1-c1ccccc1. The van der Waals surface area contributed by atoms with Gasteiger partial charge in [-0.25, -0.2) is 4.79 Å². The van der Waals surface area contributed by atoms with E-state index < -0.39 is 0 Å². The van der Waals surface area contributed by atoms with Crippen molar-refractivity contribution in [2.24, 2.45) is 0 Å². The minimum absolute atomic E-state index is 0.0599. The molecule has 7 nitrogen and oxygen atoms in total. The molecule has 2 aromatic carbocycles. The van der Waals surface area contributed by atoms with E-state index in [0.717, 1.165) is 11.3 Å². The molecular formula is C19H16ClN5O2S. The zero-order valence-corrected chi connectivity index (χ0v) is 16.3. The molecule has 1 aromatic heterocycles. The number of carbonyl (C=O) groups excluding carboxylic acids is 2. The summed E-state index contributed by atoms with van der Waals surface area (Å²) in [5, 5.41) is 12.5. The third-order valence-corrected chi connectivity index (χ3v) is 5.39. The van der Waals surface area contributed by atoms with Crippen LogP contribution in [0.3, 0.4) is 0 Å². The van der Waals surface area contributed by atoms with Gasteiger partial charge in [0.25, 0.3) is 0 Å². The molecule has 0 unspecified atom stereocenters. The maximum Gasteiger partial charge on any atom is 0.324 e. The van der Waals surface area contributed by atoms with Crippen LogP contribution in [0.4, 0.5) is 4.79 Å². The number of nitrogens with one attached hydrogen (secondary N) is 1. The molecular weight excluding hydrogens is 398 g/mol. The Morgan fingerprint density at radius 3 is 2.46 bits per heavy atom. The molecule has 1 saturated heterocycles. The highest BCUT2D eigenvalue weighted by molar-refractivity contribution is 7.99. The predicted molar refractivity (Wildman–Crippen MR) is 108 cm³/mol. The molecule has 9 heteroatoms. The van der Waals surface area contributed by atoms with Gasteiger partial charge in [0.15, 0.2) is 11.0 Å². The van der Waals surface area contributed by atoms with Crippen molar-refractivity contribution in [2.45, 2.75) is 5.16 Å². The largest absolute Gasteiger partial charge is 0.329 e. The third kappa shape index (κ3) is 3.74. The summed E-state index contributed by atoms with van der Waals surface area (Å²) >= 11 is 7.44. The number of carbonyl (C=O) groups is 2. The number of hydrogen-bond donors (Lipinski definition) is 1. The van der Waals surface area contributed by atoms with E-state index in [2.05, 4.69) is 15.5 Å². The number of halogens is 1. The molecule has 0 bridgehead atoms. The Balaban J connectivity index is 1.61. The van der Waals surface area contributed by atoms with Crippen LogP contribution < -0.4 is 5.32 Å². The number of nitrogens with zero attached hydrogens (tertiary/aromatic N) is 4. The fourth-order valence-electron chi connectivity index (χ4n) is 2.87. The lowest BCUT2D eigenvalue weighted by Crippen LogP contribution is -2.32. The molecule has 0 aliphatic carbocycles. The van der Waals surface area contributed by atoms with Crippen LogP contribution in [-0.2, 0) is 4.79 Å². The number of amides is 3. The predicted octanol–water partition coefficient (Wildman–Crippen LogP) is 3.23. The lowest BCUT2D eigenvalue weighted by Gasteiger charge is -2.13. The first-order valence-electron chi connectivity index (χ1n) is 8.61. The summed E-state index contributed by atoms with van der Waals surface area (Å²) < 4.78 is 1.96. The first kappa shape index (κ1) is 18.5. The highest BCUT2D eigenvalue weighted by atomic mass is 35.5. The topological polar surface area (TPSA) is 80.1 Å². The molecule has 28 heavy (non-hydrogen) atoms. The standard InChI is InChI=1S/C19H16ClN5O2S/c20-14-8-6-13(7-9-14)17-22-23-19(25(17)15-4-2-1-3-5-15)28-11-10-24-16(26)12-21-18(24)27/h1-9H,10-12H2,(H,21,27). The number of rotatable bonds is 6. The van der Waals surface area contributed by atoms with Crippen LogP contribution >= 0.6 is 23.4 Å². The molecule has 1 fully saturated rings. The lowest BCUT2D eigenvalue weighted by molar-refractivity contribution is -0.124. The number of urea groups is 1. The van der Waals surface area contributed by atoms with Crippen LogP contribution in [0.1, 0.15) is 0 Å². The van der Waals surface area contributed by atoms with Crippen molar-refractivity contribution in [3.8, 4) is 17.1 Å². The number of thioether (sulfide) groups is 1. The van der Waals surface area contributed by atoms with Gasteiger partial charge in [-0.15, -0.1) is 10.2 Å². The summed E-state index contributed by atoms with van der Waals surface area (Å²) in [4.78, 5) is 24.6. The number of aromatic nitrogens is 3. The van der Waals surface area contributed by atoms with Gasteiger partial charge in [0.05, 0.1) is 6.54 Å². The summed E-state index contributed by atoms with van der Waals surface area (Å²) in [6, 6.07) is 16.9. The minimum Gasteiger partial charge on any atom is -0.329 e. The average molecular weight is 414 g/mol. The maximum atomic E-state index is 11.7. The lowest BCUT2D eigenvalue weighted by atomic mass is 10.2. The van der Waals surface area contributed by atoms with Gasteiger partial charge < -0.3 is 5.32 Å². The van der Waals surface area contributed by atoms with Crippen molar-refractivity contribution >= 4 is 35.3 Å². The van der Waals surface area contributed by atoms with Crippen molar-refractivity contribution in [3.63, 3.8) is 0 Å². The highest BCUT2D eigenvalue weighted by Gasteiger charge is 2.28. The Morgan fingerprint density at radius 1 is 1.04 bits per heavy atom. The Hall–Kier alpha value is -2.84. The van der Waals surface area contributed by atoms with Gasteiger partial charge in [-0.05, 0) is 36.4 Å². The van der Waals surface area contributed by atoms with Crippen LogP contribution in [0, 0.1) is 0 Å². The first-order valence-corrected chi connectivity index (χ1v) is 9.97. The quantitative estimate of drug-likeness (QED) is 0.495. The van der Waals surface area contributed by atoms with Crippen molar-refractivity contribution in [2.75, 3.05) is 18.8 Å². The average Bonchev–Trinajstić information content (AvgIpc) is 3.27. The fraction of sp³-hybridized carbons (Fsp3) is 0.158. The van der Waals surface area contributed by atoms with Gasteiger partial charge in [-0.1, -0.05) is 41.6 Å². The summed E-state index contributed by atoms with van der Waals surface area (Å²) in [7, 11) is 0. The van der Waals surface area contributed by atoms with Crippen molar-refractivity contribution in [1.29, 1.82) is 0 Å². The maximum absolute atomic E-state index is 11.7. The van der Waals surface area contributed by atoms with Gasteiger partial charge in [-0.2, -0.15) is 0 Å². The molecule has 0 saturated carbocycles. The minimum atomic E-state index is -0.350. The monoisotopic (exact) mass is 413 g/mol. The number of benzene rings is 2. The molecule has 1 N–H and O–H groups in total. The van der Waals surface area contributed by atoms with Gasteiger partial charge in [0, 0.05) is 28.6 Å². The second-order valence-corrected chi connectivity index (χ2v) is 7.54. The van der Waals surface area contributed by atoms with Crippen LogP contribution in [0.2, 0.25) is 5.02 Å². The second kappa shape index (κ2) is 8.04. The molecule has 1 aliphatic rings. The molecule has 3 amide bonds. The van der Waals surface area contributed by atoms with Crippen LogP contribution in [0.15, 0.2) is 59.8 Å². The molecule has 0 radical (unpaired) electrons. The molecule has 142 valence electrons. The van der Waals surface area contributed by atoms with Gasteiger partial charge in [0.1, 0.15) is 0 Å². The van der Waals surface area contributed by atoms with E-state index in [1.165, 1.54) is 16.7 Å². The zero-order chi connectivity index (χ0) is 19.5. The van der Waals surface area contributed by atoms with Crippen LogP contribution in [0.25, 0.3) is 17.1 Å². The Morgan fingerprint density at radius 2 is 1.79 bits per heavy atom. The fourth-order valence-corrected chi connectivity index (χ4v) is 3.87. The summed E-state index contributed by atoms with van der Waals surface area (Å²) in [5.74, 6) is 1.00. The molecule has 1 aliphatic heterocycles. The van der Waals surface area contributed by atoms with Crippen molar-refractivity contribution in [3.05, 3.63) is 59.6 Å². The Bertz CT molecular complexity index is 991. The number of imide groups is 1. The summed E-state index contributed by atoms with van der Waals surface area (Å²) in [6.45, 7) is 0.373. The van der Waals surface area contributed by atoms with Crippen LogP contribution in [-0.4, -0.2) is 50.4 Å². The highest BCUT2D eigenvalue weighted by Crippen LogP contribution is 2.28. The van der Waals surface area contributed by atoms with Crippen molar-refractivity contribution in [1.82, 2.24) is 25.0 Å². The second-order valence-electron chi connectivity index (χ2n) is 6.04. The van der Waals surface area contributed by atoms with Gasteiger partial charge >= 0.3 is 6.03 Å². The summed E-state index contributed by atoms with van der Waals surface area (Å²) in [6.07, 6.45) is 0. The molecule has 4 rings (SSSR count). The van der Waals surface area contributed by atoms with E-state index in [1.54, 1.807) is 0 Å². The molecule has 0 atom stereocenters. The Kier molecular flexibility index (Phi) is 5.31. The van der Waals surface area contributed by atoms with Crippen LogP contribution in [0.5, 0.6) is 0 Å². The number of para-hydroxylation sites is 1. The molecule has 2 heterocycles. The van der Waals surface area contributed by atoms with E-state index >= 15 is 0 Å². The Labute approximate surface area is 170 Å². The van der Waals surface area contributed by atoms with Gasteiger partial charge in [0.2, 0.25) is 5.91 Å². The zero-order valence-electron chi connectivity index (χ0n) is 14.7. The molecule has 3 aromatic rings. The van der Waals surface area contributed by atoms with E-state index in [0.29, 0.717) is 28.3 Å². The van der Waals surface area contributed by atoms with E-state index in [1.807, 2.05) is 59.2 Å². The number of hydrogen-bond acceptors (Lipinski definition) is 5. The van der Waals surface area contributed by atoms with Gasteiger partial charge in [-0.3, -0.25) is 14.3 Å². The first-order chi connectivity index (χ1) is 13.6. The van der Waals surface area contributed by atoms with E-state index in [4.69, 9.17) is 11.6 Å². The normalized spacial score (nSPS) is 13.8. The third-order valence-electron chi connectivity index (χ3n) is 4.23. The van der Waals surface area contributed by atoms with Crippen molar-refractivity contribution < 1.29 is 9.59 Å². The van der Waals surface area contributed by atoms with E-state index in [-0.39, 0.29) is 18.5 Å².